The fraction of sp³-hybridized carbons (Fsp3) is 0.667. The van der Waals surface area contributed by atoms with E-state index in [0.717, 1.165) is 25.9 Å². The Morgan fingerprint density at radius 1 is 1.44 bits per heavy atom. The van der Waals surface area contributed by atoms with Crippen LogP contribution in [0, 0.1) is 0 Å². The molecule has 0 unspecified atom stereocenters. The van der Waals surface area contributed by atoms with Gasteiger partial charge in [-0.1, -0.05) is 0 Å². The number of aromatic nitrogens is 2. The van der Waals surface area contributed by atoms with Gasteiger partial charge in [0.25, 0.3) is 12.4 Å². The van der Waals surface area contributed by atoms with Crippen LogP contribution >= 0.6 is 0 Å². The van der Waals surface area contributed by atoms with Gasteiger partial charge in [-0.3, -0.25) is 4.79 Å². The van der Waals surface area contributed by atoms with Crippen molar-refractivity contribution in [1.82, 2.24) is 10.1 Å². The van der Waals surface area contributed by atoms with Gasteiger partial charge in [0.1, 0.15) is 0 Å². The first-order valence-electron chi connectivity index (χ1n) is 5.05. The fourth-order valence-corrected chi connectivity index (χ4v) is 1.59. The second kappa shape index (κ2) is 4.54. The number of rotatable bonds is 4. The van der Waals surface area contributed by atoms with Gasteiger partial charge in [-0.15, -0.1) is 0 Å². The lowest BCUT2D eigenvalue weighted by atomic mass is 10.3. The van der Waals surface area contributed by atoms with Crippen molar-refractivity contribution in [3.8, 4) is 0 Å². The first kappa shape index (κ1) is 11.0. The van der Waals surface area contributed by atoms with E-state index in [2.05, 4.69) is 10.1 Å². The third-order valence-corrected chi connectivity index (χ3v) is 2.42. The zero-order valence-electron chi connectivity index (χ0n) is 8.53. The third-order valence-electron chi connectivity index (χ3n) is 2.42. The van der Waals surface area contributed by atoms with E-state index in [1.807, 2.05) is 4.90 Å². The summed E-state index contributed by atoms with van der Waals surface area (Å²) in [6.45, 7) is 1.67. The largest absolute Gasteiger partial charge is 0.338 e. The Kier molecular flexibility index (Phi) is 3.12. The number of hydrogen-bond acceptors (Lipinski definition) is 5. The van der Waals surface area contributed by atoms with E-state index in [0.29, 0.717) is 5.95 Å². The van der Waals surface area contributed by atoms with Crippen molar-refractivity contribution in [2.45, 2.75) is 25.7 Å². The highest BCUT2D eigenvalue weighted by atomic mass is 19.3. The molecule has 2 heterocycles. The van der Waals surface area contributed by atoms with Crippen LogP contribution in [-0.4, -0.2) is 35.4 Å². The van der Waals surface area contributed by atoms with Crippen molar-refractivity contribution in [2.24, 2.45) is 0 Å². The number of hydrogen-bond donors (Lipinski definition) is 0. The van der Waals surface area contributed by atoms with E-state index in [4.69, 9.17) is 4.52 Å². The van der Waals surface area contributed by atoms with Crippen LogP contribution in [-0.2, 0) is 11.2 Å². The Bertz CT molecular complexity index is 375. The van der Waals surface area contributed by atoms with E-state index in [1.54, 1.807) is 0 Å². The van der Waals surface area contributed by atoms with Crippen molar-refractivity contribution in [2.75, 3.05) is 18.0 Å². The molecule has 0 spiro atoms. The van der Waals surface area contributed by atoms with E-state index < -0.39 is 18.6 Å². The van der Waals surface area contributed by atoms with Crippen LogP contribution in [0.5, 0.6) is 0 Å². The van der Waals surface area contributed by atoms with Gasteiger partial charge in [0.05, 0.1) is 6.42 Å². The molecule has 1 aliphatic heterocycles. The van der Waals surface area contributed by atoms with Crippen LogP contribution in [0.25, 0.3) is 0 Å². The molecule has 1 fully saturated rings. The quantitative estimate of drug-likeness (QED) is 0.775. The van der Waals surface area contributed by atoms with Gasteiger partial charge in [-0.25, -0.2) is 8.78 Å². The summed E-state index contributed by atoms with van der Waals surface area (Å²) in [6.07, 6.45) is -1.37. The molecule has 5 nitrogen and oxygen atoms in total. The molecule has 1 aliphatic rings. The molecule has 0 bridgehead atoms. The SMILES string of the molecule is O=C(Cc1nc(N2CCCC2)no1)C(F)F. The standard InChI is InChI=1S/C9H11F2N3O2/c10-8(11)6(15)5-7-12-9(13-16-7)14-3-1-2-4-14/h8H,1-5H2. The number of anilines is 1. The van der Waals surface area contributed by atoms with Gasteiger partial charge in [0.15, 0.2) is 0 Å². The summed E-state index contributed by atoms with van der Waals surface area (Å²) in [5.74, 6) is -0.863. The van der Waals surface area contributed by atoms with Crippen molar-refractivity contribution in [1.29, 1.82) is 0 Å². The Morgan fingerprint density at radius 3 is 2.75 bits per heavy atom. The van der Waals surface area contributed by atoms with Crippen LogP contribution in [0.2, 0.25) is 0 Å². The van der Waals surface area contributed by atoms with Gasteiger partial charge in [-0.2, -0.15) is 4.98 Å². The monoisotopic (exact) mass is 231 g/mol. The lowest BCUT2D eigenvalue weighted by molar-refractivity contribution is -0.129. The number of Topliss-reactive ketones (excluding diaryl/α,β-unsaturated/α-hetero) is 1. The topological polar surface area (TPSA) is 59.2 Å². The number of alkyl halides is 2. The second-order valence-electron chi connectivity index (χ2n) is 3.63. The smallest absolute Gasteiger partial charge is 0.296 e. The van der Waals surface area contributed by atoms with Crippen LogP contribution in [0.4, 0.5) is 14.7 Å². The van der Waals surface area contributed by atoms with Crippen molar-refractivity contribution in [3.05, 3.63) is 5.89 Å². The van der Waals surface area contributed by atoms with Gasteiger partial charge >= 0.3 is 0 Å². The first-order chi connectivity index (χ1) is 7.66. The minimum atomic E-state index is -2.98. The molecule has 0 aromatic carbocycles. The molecule has 1 aromatic heterocycles. The second-order valence-corrected chi connectivity index (χ2v) is 3.63. The number of halogens is 2. The Labute approximate surface area is 90.4 Å². The molecule has 1 saturated heterocycles. The summed E-state index contributed by atoms with van der Waals surface area (Å²) in [6, 6.07) is 0. The Balaban J connectivity index is 1.99. The van der Waals surface area contributed by atoms with Crippen LogP contribution in [0.15, 0.2) is 4.52 Å². The summed E-state index contributed by atoms with van der Waals surface area (Å²) in [5.41, 5.74) is 0. The number of nitrogens with zero attached hydrogens (tertiary/aromatic N) is 3. The predicted molar refractivity (Wildman–Crippen MR) is 50.5 cm³/mol. The summed E-state index contributed by atoms with van der Waals surface area (Å²) >= 11 is 0. The van der Waals surface area contributed by atoms with E-state index >= 15 is 0 Å². The average molecular weight is 231 g/mol. The predicted octanol–water partition coefficient (Wildman–Crippen LogP) is 1.05. The lowest BCUT2D eigenvalue weighted by Gasteiger charge is -2.09. The molecular weight excluding hydrogens is 220 g/mol. The maximum absolute atomic E-state index is 12.0. The molecule has 0 radical (unpaired) electrons. The third kappa shape index (κ3) is 2.34. The first-order valence-corrected chi connectivity index (χ1v) is 5.05. The number of carbonyl (C=O) groups excluding carboxylic acids is 1. The van der Waals surface area contributed by atoms with Gasteiger partial charge in [-0.05, 0) is 18.0 Å². The molecule has 0 atom stereocenters. The highest BCUT2D eigenvalue weighted by Crippen LogP contribution is 2.16. The Morgan fingerprint density at radius 2 is 2.12 bits per heavy atom. The minimum absolute atomic E-state index is 0.0489. The zero-order chi connectivity index (χ0) is 11.5. The van der Waals surface area contributed by atoms with E-state index in [-0.39, 0.29) is 5.89 Å². The molecule has 0 N–H and O–H groups in total. The summed E-state index contributed by atoms with van der Waals surface area (Å²) in [7, 11) is 0. The molecule has 0 amide bonds. The summed E-state index contributed by atoms with van der Waals surface area (Å²) in [4.78, 5) is 16.6. The highest BCUT2D eigenvalue weighted by Gasteiger charge is 2.22. The van der Waals surface area contributed by atoms with Gasteiger partial charge in [0.2, 0.25) is 11.7 Å². The summed E-state index contributed by atoms with van der Waals surface area (Å²) < 4.78 is 28.7. The van der Waals surface area contributed by atoms with E-state index in [9.17, 15) is 13.6 Å². The molecule has 7 heteroatoms. The minimum Gasteiger partial charge on any atom is -0.338 e. The lowest BCUT2D eigenvalue weighted by Crippen LogP contribution is -2.19. The van der Waals surface area contributed by atoms with Crippen molar-refractivity contribution < 1.29 is 18.1 Å². The molecular formula is C9H11F2N3O2. The maximum atomic E-state index is 12.0. The van der Waals surface area contributed by atoms with E-state index in [1.165, 1.54) is 0 Å². The molecule has 16 heavy (non-hydrogen) atoms. The summed E-state index contributed by atoms with van der Waals surface area (Å²) in [5, 5.41) is 3.65. The molecule has 1 aromatic rings. The van der Waals surface area contributed by atoms with Crippen molar-refractivity contribution >= 4 is 11.7 Å². The normalized spacial score (nSPS) is 16.1. The highest BCUT2D eigenvalue weighted by molar-refractivity contribution is 5.82. The van der Waals surface area contributed by atoms with Crippen LogP contribution in [0.3, 0.4) is 0 Å². The maximum Gasteiger partial charge on any atom is 0.296 e. The fourth-order valence-electron chi connectivity index (χ4n) is 1.59. The van der Waals surface area contributed by atoms with Crippen LogP contribution < -0.4 is 4.90 Å². The van der Waals surface area contributed by atoms with Gasteiger partial charge < -0.3 is 9.42 Å². The van der Waals surface area contributed by atoms with Crippen LogP contribution in [0.1, 0.15) is 18.7 Å². The number of carbonyl (C=O) groups is 1. The Hall–Kier alpha value is -1.53. The molecule has 88 valence electrons. The van der Waals surface area contributed by atoms with Gasteiger partial charge in [0, 0.05) is 13.1 Å². The molecule has 2 rings (SSSR count). The molecule has 0 aliphatic carbocycles. The molecule has 0 saturated carbocycles. The average Bonchev–Trinajstić information content (AvgIpc) is 2.85. The van der Waals surface area contributed by atoms with Crippen molar-refractivity contribution in [3.63, 3.8) is 0 Å². The number of ketones is 1. The zero-order valence-corrected chi connectivity index (χ0v) is 8.53.